The lowest BCUT2D eigenvalue weighted by molar-refractivity contribution is -0.131. The van der Waals surface area contributed by atoms with Gasteiger partial charge in [-0.1, -0.05) is 31.0 Å². The Morgan fingerprint density at radius 3 is 2.26 bits per heavy atom. The first kappa shape index (κ1) is 24.7. The molecule has 186 valence electrons. The predicted octanol–water partition coefficient (Wildman–Crippen LogP) is 2.32. The average molecular weight is 499 g/mol. The molecule has 0 radical (unpaired) electrons. The number of likely N-dealkylation sites (tertiary alicyclic amines) is 1. The minimum atomic E-state index is -3.97. The van der Waals surface area contributed by atoms with Gasteiger partial charge in [-0.25, -0.2) is 13.2 Å². The molecule has 0 unspecified atom stereocenters. The number of para-hydroxylation sites is 1. The summed E-state index contributed by atoms with van der Waals surface area (Å²) in [7, 11) is -2.46. The summed E-state index contributed by atoms with van der Waals surface area (Å²) in [6, 6.07) is 12.9. The molecule has 2 aromatic carbocycles. The Hall–Kier alpha value is -3.40. The zero-order chi connectivity index (χ0) is 25.2. The molecule has 1 aromatic heterocycles. The molecular weight excluding hydrogens is 468 g/mol. The van der Waals surface area contributed by atoms with E-state index in [1.54, 1.807) is 42.2 Å². The summed E-state index contributed by atoms with van der Waals surface area (Å²) in [6.45, 7) is 2.78. The minimum absolute atomic E-state index is 0.0585. The van der Waals surface area contributed by atoms with Crippen LogP contribution in [-0.2, 0) is 28.4 Å². The van der Waals surface area contributed by atoms with Gasteiger partial charge in [0, 0.05) is 26.7 Å². The van der Waals surface area contributed by atoms with E-state index in [1.807, 2.05) is 0 Å². The molecule has 0 aliphatic carbocycles. The van der Waals surface area contributed by atoms with Gasteiger partial charge in [-0.2, -0.15) is 0 Å². The molecule has 0 atom stereocenters. The van der Waals surface area contributed by atoms with Gasteiger partial charge in [0.2, 0.25) is 5.91 Å². The number of aromatic nitrogens is 2. The highest BCUT2D eigenvalue weighted by molar-refractivity contribution is 7.92. The van der Waals surface area contributed by atoms with Gasteiger partial charge in [-0.3, -0.25) is 23.0 Å². The maximum absolute atomic E-state index is 13.5. The van der Waals surface area contributed by atoms with Gasteiger partial charge in [-0.05, 0) is 50.1 Å². The Balaban J connectivity index is 1.78. The Morgan fingerprint density at radius 1 is 0.971 bits per heavy atom. The molecule has 1 fully saturated rings. The number of amides is 1. The van der Waals surface area contributed by atoms with Crippen LogP contribution in [0.15, 0.2) is 63.0 Å². The number of hydrogen-bond acceptors (Lipinski definition) is 5. The molecule has 0 spiro atoms. The summed E-state index contributed by atoms with van der Waals surface area (Å²) in [6.07, 6.45) is 3.90. The lowest BCUT2D eigenvalue weighted by atomic mass is 10.2. The number of carbonyl (C=O) groups excluding carboxylic acids is 1. The molecule has 2 heterocycles. The van der Waals surface area contributed by atoms with Gasteiger partial charge in [0.25, 0.3) is 15.6 Å². The van der Waals surface area contributed by atoms with E-state index in [-0.39, 0.29) is 29.3 Å². The Morgan fingerprint density at radius 2 is 1.63 bits per heavy atom. The summed E-state index contributed by atoms with van der Waals surface area (Å²) in [4.78, 5) is 40.8. The van der Waals surface area contributed by atoms with E-state index < -0.39 is 21.3 Å². The minimum Gasteiger partial charge on any atom is -0.341 e. The number of benzene rings is 2. The summed E-state index contributed by atoms with van der Waals surface area (Å²) >= 11 is 0. The molecule has 4 rings (SSSR count). The fourth-order valence-electron chi connectivity index (χ4n) is 4.56. The van der Waals surface area contributed by atoms with E-state index in [4.69, 9.17) is 0 Å². The van der Waals surface area contributed by atoms with Crippen molar-refractivity contribution in [1.82, 2.24) is 14.0 Å². The topological polar surface area (TPSA) is 102 Å². The van der Waals surface area contributed by atoms with Crippen molar-refractivity contribution in [1.29, 1.82) is 0 Å². The predicted molar refractivity (Wildman–Crippen MR) is 135 cm³/mol. The van der Waals surface area contributed by atoms with E-state index in [1.165, 1.54) is 34.1 Å². The third-order valence-electron chi connectivity index (χ3n) is 6.49. The molecule has 1 saturated heterocycles. The summed E-state index contributed by atoms with van der Waals surface area (Å²) in [5.74, 6) is -0.282. The normalized spacial score (nSPS) is 14.6. The standard InChI is InChI=1S/C25H30N4O5S/c1-3-29(19-11-7-6-8-12-19)35(33,34)20-13-14-22-21(17-20)24(31)28(25(32)26(22)2)18-23(30)27-15-9-4-5-10-16-27/h6-8,11-14,17H,3-5,9-10,15-16,18H2,1-2H3. The molecule has 3 aromatic rings. The van der Waals surface area contributed by atoms with Crippen molar-refractivity contribution in [2.24, 2.45) is 7.05 Å². The molecule has 0 saturated carbocycles. The highest BCUT2D eigenvalue weighted by atomic mass is 32.2. The molecule has 1 aliphatic rings. The van der Waals surface area contributed by atoms with Crippen LogP contribution in [0.2, 0.25) is 0 Å². The number of nitrogens with zero attached hydrogens (tertiary/aromatic N) is 4. The first-order valence-corrected chi connectivity index (χ1v) is 13.3. The van der Waals surface area contributed by atoms with Crippen LogP contribution >= 0.6 is 0 Å². The molecule has 0 N–H and O–H groups in total. The maximum atomic E-state index is 13.5. The van der Waals surface area contributed by atoms with Crippen LogP contribution in [0.3, 0.4) is 0 Å². The van der Waals surface area contributed by atoms with Crippen molar-refractivity contribution in [2.75, 3.05) is 23.9 Å². The molecule has 1 aliphatic heterocycles. The van der Waals surface area contributed by atoms with Crippen LogP contribution in [0.4, 0.5) is 5.69 Å². The van der Waals surface area contributed by atoms with Crippen LogP contribution < -0.4 is 15.6 Å². The van der Waals surface area contributed by atoms with Gasteiger partial charge in [0.15, 0.2) is 0 Å². The van der Waals surface area contributed by atoms with E-state index in [0.717, 1.165) is 30.3 Å². The quantitative estimate of drug-likeness (QED) is 0.519. The highest BCUT2D eigenvalue weighted by Gasteiger charge is 2.25. The number of aryl methyl sites for hydroxylation is 1. The molecule has 35 heavy (non-hydrogen) atoms. The molecule has 1 amide bonds. The second-order valence-electron chi connectivity index (χ2n) is 8.71. The van der Waals surface area contributed by atoms with Crippen molar-refractivity contribution in [2.45, 2.75) is 44.0 Å². The third-order valence-corrected chi connectivity index (χ3v) is 8.39. The van der Waals surface area contributed by atoms with E-state index >= 15 is 0 Å². The van der Waals surface area contributed by atoms with Crippen molar-refractivity contribution in [3.8, 4) is 0 Å². The Labute approximate surface area is 204 Å². The zero-order valence-corrected chi connectivity index (χ0v) is 20.8. The largest absolute Gasteiger partial charge is 0.341 e. The highest BCUT2D eigenvalue weighted by Crippen LogP contribution is 2.25. The number of sulfonamides is 1. The summed E-state index contributed by atoms with van der Waals surface area (Å²) in [5.41, 5.74) is -0.469. The number of carbonyl (C=O) groups is 1. The summed E-state index contributed by atoms with van der Waals surface area (Å²) in [5, 5.41) is 0.0703. The fourth-order valence-corrected chi connectivity index (χ4v) is 6.06. The van der Waals surface area contributed by atoms with Crippen LogP contribution in [0.1, 0.15) is 32.6 Å². The first-order chi connectivity index (χ1) is 16.8. The molecule has 10 heteroatoms. The van der Waals surface area contributed by atoms with E-state index in [0.29, 0.717) is 24.3 Å². The van der Waals surface area contributed by atoms with Gasteiger partial charge < -0.3 is 4.90 Å². The van der Waals surface area contributed by atoms with Crippen LogP contribution in [0, 0.1) is 0 Å². The van der Waals surface area contributed by atoms with Gasteiger partial charge >= 0.3 is 5.69 Å². The number of hydrogen-bond donors (Lipinski definition) is 0. The maximum Gasteiger partial charge on any atom is 0.331 e. The monoisotopic (exact) mass is 498 g/mol. The van der Waals surface area contributed by atoms with Crippen molar-refractivity contribution >= 4 is 32.5 Å². The van der Waals surface area contributed by atoms with Crippen LogP contribution in [0.5, 0.6) is 0 Å². The summed E-state index contributed by atoms with van der Waals surface area (Å²) < 4.78 is 30.4. The zero-order valence-electron chi connectivity index (χ0n) is 20.0. The van der Waals surface area contributed by atoms with E-state index in [2.05, 4.69) is 0 Å². The first-order valence-electron chi connectivity index (χ1n) is 11.8. The smallest absolute Gasteiger partial charge is 0.331 e. The Bertz CT molecular complexity index is 1450. The number of anilines is 1. The third kappa shape index (κ3) is 4.75. The fraction of sp³-hybridized carbons (Fsp3) is 0.400. The lowest BCUT2D eigenvalue weighted by Crippen LogP contribution is -2.44. The molecule has 9 nitrogen and oxygen atoms in total. The second-order valence-corrected chi connectivity index (χ2v) is 10.6. The van der Waals surface area contributed by atoms with Crippen molar-refractivity contribution in [3.63, 3.8) is 0 Å². The van der Waals surface area contributed by atoms with E-state index in [9.17, 15) is 22.8 Å². The van der Waals surface area contributed by atoms with Crippen LogP contribution in [0.25, 0.3) is 10.9 Å². The average Bonchev–Trinajstić information content (AvgIpc) is 3.15. The number of fused-ring (bicyclic) bond motifs is 1. The Kier molecular flexibility index (Phi) is 7.11. The van der Waals surface area contributed by atoms with Crippen molar-refractivity contribution < 1.29 is 13.2 Å². The molecular formula is C25H30N4O5S. The SMILES string of the molecule is CCN(c1ccccc1)S(=O)(=O)c1ccc2c(c1)c(=O)n(CC(=O)N1CCCCCC1)c(=O)n2C. The lowest BCUT2D eigenvalue weighted by Gasteiger charge is -2.23. The van der Waals surface area contributed by atoms with Gasteiger partial charge in [0.05, 0.1) is 21.5 Å². The van der Waals surface area contributed by atoms with Gasteiger partial charge in [0.1, 0.15) is 6.54 Å². The number of rotatable bonds is 6. The second kappa shape index (κ2) is 10.1. The van der Waals surface area contributed by atoms with Crippen LogP contribution in [-0.4, -0.2) is 48.0 Å². The van der Waals surface area contributed by atoms with Crippen molar-refractivity contribution in [3.05, 3.63) is 69.4 Å². The molecule has 0 bridgehead atoms. The van der Waals surface area contributed by atoms with Gasteiger partial charge in [-0.15, -0.1) is 0 Å².